The van der Waals surface area contributed by atoms with Gasteiger partial charge in [-0.05, 0) is 51.0 Å². The SMILES string of the molecule is CC1CCC(O)(CN2CCCC(C)(CO)C2)CC1. The van der Waals surface area contributed by atoms with Gasteiger partial charge in [0.15, 0.2) is 0 Å². The number of aliphatic hydroxyl groups excluding tert-OH is 1. The summed E-state index contributed by atoms with van der Waals surface area (Å²) >= 11 is 0. The van der Waals surface area contributed by atoms with Crippen molar-refractivity contribution in [3.05, 3.63) is 0 Å². The van der Waals surface area contributed by atoms with E-state index in [1.165, 1.54) is 0 Å². The minimum absolute atomic E-state index is 0.0383. The van der Waals surface area contributed by atoms with E-state index in [1.54, 1.807) is 0 Å². The highest BCUT2D eigenvalue weighted by Gasteiger charge is 2.37. The molecule has 0 radical (unpaired) electrons. The number of nitrogens with zero attached hydrogens (tertiary/aromatic N) is 1. The zero-order chi connectivity index (χ0) is 13.2. The van der Waals surface area contributed by atoms with Gasteiger partial charge in [0, 0.05) is 25.1 Å². The van der Waals surface area contributed by atoms with Crippen molar-refractivity contribution in [3.8, 4) is 0 Å². The predicted molar refractivity (Wildman–Crippen MR) is 73.4 cm³/mol. The number of aliphatic hydroxyl groups is 2. The molecule has 1 heterocycles. The van der Waals surface area contributed by atoms with Crippen molar-refractivity contribution in [2.24, 2.45) is 11.3 Å². The molecule has 1 saturated carbocycles. The molecule has 1 atom stereocenters. The van der Waals surface area contributed by atoms with Gasteiger partial charge in [0.05, 0.1) is 5.60 Å². The van der Waals surface area contributed by atoms with Crippen LogP contribution in [0.5, 0.6) is 0 Å². The fourth-order valence-corrected chi connectivity index (χ4v) is 3.57. The molecular weight excluding hydrogens is 226 g/mol. The van der Waals surface area contributed by atoms with Crippen LogP contribution in [0.2, 0.25) is 0 Å². The highest BCUT2D eigenvalue weighted by molar-refractivity contribution is 4.91. The lowest BCUT2D eigenvalue weighted by Gasteiger charge is -2.44. The molecule has 1 aliphatic heterocycles. The molecule has 3 nitrogen and oxygen atoms in total. The topological polar surface area (TPSA) is 43.7 Å². The second-order valence-corrected chi connectivity index (χ2v) is 7.19. The molecule has 1 saturated heterocycles. The van der Waals surface area contributed by atoms with Crippen molar-refractivity contribution in [1.82, 2.24) is 4.90 Å². The number of hydrogen-bond acceptors (Lipinski definition) is 3. The molecule has 2 aliphatic rings. The fourth-order valence-electron chi connectivity index (χ4n) is 3.57. The molecule has 0 bridgehead atoms. The van der Waals surface area contributed by atoms with E-state index in [4.69, 9.17) is 0 Å². The van der Waals surface area contributed by atoms with Crippen LogP contribution in [0.1, 0.15) is 52.4 Å². The summed E-state index contributed by atoms with van der Waals surface area (Å²) in [7, 11) is 0. The minimum Gasteiger partial charge on any atom is -0.396 e. The fraction of sp³-hybridized carbons (Fsp3) is 1.00. The smallest absolute Gasteiger partial charge is 0.0774 e. The summed E-state index contributed by atoms with van der Waals surface area (Å²) in [6.45, 7) is 7.51. The Morgan fingerprint density at radius 3 is 2.50 bits per heavy atom. The molecule has 1 unspecified atom stereocenters. The zero-order valence-electron chi connectivity index (χ0n) is 12.0. The molecule has 106 valence electrons. The summed E-state index contributed by atoms with van der Waals surface area (Å²) in [6, 6.07) is 0. The third kappa shape index (κ3) is 3.46. The molecule has 2 N–H and O–H groups in total. The first kappa shape index (κ1) is 14.3. The maximum absolute atomic E-state index is 10.7. The Morgan fingerprint density at radius 1 is 1.22 bits per heavy atom. The van der Waals surface area contributed by atoms with Gasteiger partial charge in [0.25, 0.3) is 0 Å². The van der Waals surface area contributed by atoms with Crippen LogP contribution >= 0.6 is 0 Å². The van der Waals surface area contributed by atoms with Crippen LogP contribution in [-0.2, 0) is 0 Å². The van der Waals surface area contributed by atoms with Crippen LogP contribution in [0, 0.1) is 11.3 Å². The van der Waals surface area contributed by atoms with Crippen LogP contribution in [0.4, 0.5) is 0 Å². The van der Waals surface area contributed by atoms with E-state index >= 15 is 0 Å². The number of β-amino-alcohol motifs (C(OH)–C–C–N with tert-alkyl or cyclic N) is 1. The molecule has 2 fully saturated rings. The molecule has 0 spiro atoms. The summed E-state index contributed by atoms with van der Waals surface area (Å²) in [6.07, 6.45) is 6.45. The van der Waals surface area contributed by atoms with Crippen molar-refractivity contribution in [1.29, 1.82) is 0 Å². The maximum atomic E-state index is 10.7. The predicted octanol–water partition coefficient (Wildman–Crippen LogP) is 2.02. The number of hydrogen-bond donors (Lipinski definition) is 2. The highest BCUT2D eigenvalue weighted by Crippen LogP contribution is 2.35. The third-order valence-corrected chi connectivity index (χ3v) is 4.96. The van der Waals surface area contributed by atoms with E-state index in [0.29, 0.717) is 0 Å². The molecule has 0 aromatic rings. The van der Waals surface area contributed by atoms with Crippen molar-refractivity contribution in [2.75, 3.05) is 26.2 Å². The molecule has 2 rings (SSSR count). The first-order chi connectivity index (χ1) is 8.45. The van der Waals surface area contributed by atoms with Crippen LogP contribution in [0.15, 0.2) is 0 Å². The summed E-state index contributed by atoms with van der Waals surface area (Å²) in [5, 5.41) is 20.2. The molecule has 0 aromatic carbocycles. The van der Waals surface area contributed by atoms with E-state index in [9.17, 15) is 10.2 Å². The molecule has 18 heavy (non-hydrogen) atoms. The van der Waals surface area contributed by atoms with Gasteiger partial charge in [0.1, 0.15) is 0 Å². The number of rotatable bonds is 3. The lowest BCUT2D eigenvalue weighted by Crippen LogP contribution is -2.51. The Hall–Kier alpha value is -0.120. The largest absolute Gasteiger partial charge is 0.396 e. The van der Waals surface area contributed by atoms with E-state index in [-0.39, 0.29) is 12.0 Å². The normalized spacial score (nSPS) is 43.0. The van der Waals surface area contributed by atoms with Crippen LogP contribution in [-0.4, -0.2) is 47.0 Å². The Balaban J connectivity index is 1.89. The van der Waals surface area contributed by atoms with E-state index < -0.39 is 5.60 Å². The Kier molecular flexibility index (Phi) is 4.35. The lowest BCUT2D eigenvalue weighted by molar-refractivity contribution is -0.0555. The summed E-state index contributed by atoms with van der Waals surface area (Å²) in [5.41, 5.74) is -0.434. The van der Waals surface area contributed by atoms with Crippen LogP contribution in [0.25, 0.3) is 0 Å². The van der Waals surface area contributed by atoms with E-state index in [1.807, 2.05) is 0 Å². The van der Waals surface area contributed by atoms with Gasteiger partial charge in [-0.15, -0.1) is 0 Å². The minimum atomic E-state index is -0.472. The Morgan fingerprint density at radius 2 is 1.89 bits per heavy atom. The van der Waals surface area contributed by atoms with Crippen molar-refractivity contribution >= 4 is 0 Å². The second-order valence-electron chi connectivity index (χ2n) is 7.19. The second kappa shape index (κ2) is 5.48. The van der Waals surface area contributed by atoms with Crippen LogP contribution < -0.4 is 0 Å². The third-order valence-electron chi connectivity index (χ3n) is 4.96. The van der Waals surface area contributed by atoms with Gasteiger partial charge in [-0.2, -0.15) is 0 Å². The van der Waals surface area contributed by atoms with E-state index in [0.717, 1.165) is 64.1 Å². The van der Waals surface area contributed by atoms with Gasteiger partial charge in [-0.3, -0.25) is 4.90 Å². The van der Waals surface area contributed by atoms with Gasteiger partial charge in [-0.1, -0.05) is 13.8 Å². The van der Waals surface area contributed by atoms with Crippen molar-refractivity contribution in [2.45, 2.75) is 58.0 Å². The van der Waals surface area contributed by atoms with Gasteiger partial charge in [-0.25, -0.2) is 0 Å². The van der Waals surface area contributed by atoms with Gasteiger partial charge in [0.2, 0.25) is 0 Å². The van der Waals surface area contributed by atoms with Gasteiger partial charge >= 0.3 is 0 Å². The van der Waals surface area contributed by atoms with E-state index in [2.05, 4.69) is 18.7 Å². The first-order valence-electron chi connectivity index (χ1n) is 7.50. The van der Waals surface area contributed by atoms with Gasteiger partial charge < -0.3 is 10.2 Å². The lowest BCUT2D eigenvalue weighted by atomic mass is 9.78. The first-order valence-corrected chi connectivity index (χ1v) is 7.50. The number of likely N-dealkylation sites (tertiary alicyclic amines) is 1. The highest BCUT2D eigenvalue weighted by atomic mass is 16.3. The molecule has 0 amide bonds. The molecule has 1 aliphatic carbocycles. The van der Waals surface area contributed by atoms with Crippen LogP contribution in [0.3, 0.4) is 0 Å². The summed E-state index contributed by atoms with van der Waals surface area (Å²) < 4.78 is 0. The molecule has 0 aromatic heterocycles. The maximum Gasteiger partial charge on any atom is 0.0774 e. The Bertz CT molecular complexity index is 274. The molecular formula is C15H29NO2. The standard InChI is InChI=1S/C15H29NO2/c1-13-4-7-15(18,8-5-13)11-16-9-3-6-14(2,10-16)12-17/h13,17-18H,3-12H2,1-2H3. The number of piperidine rings is 1. The summed E-state index contributed by atoms with van der Waals surface area (Å²) in [5.74, 6) is 0.773. The Labute approximate surface area is 111 Å². The molecule has 3 heteroatoms. The zero-order valence-corrected chi connectivity index (χ0v) is 12.0. The summed E-state index contributed by atoms with van der Waals surface area (Å²) in [4.78, 5) is 2.37. The monoisotopic (exact) mass is 255 g/mol. The average molecular weight is 255 g/mol. The average Bonchev–Trinajstić information content (AvgIpc) is 2.33. The van der Waals surface area contributed by atoms with Crippen molar-refractivity contribution < 1.29 is 10.2 Å². The quantitative estimate of drug-likeness (QED) is 0.811. The van der Waals surface area contributed by atoms with Crippen molar-refractivity contribution in [3.63, 3.8) is 0 Å².